The number of benzene rings is 1. The van der Waals surface area contributed by atoms with E-state index in [4.69, 9.17) is 15.7 Å². The lowest BCUT2D eigenvalue weighted by molar-refractivity contribution is -0.134. The van der Waals surface area contributed by atoms with Crippen LogP contribution in [0.15, 0.2) is 29.4 Å². The van der Waals surface area contributed by atoms with E-state index in [1.165, 1.54) is 12.8 Å². The van der Waals surface area contributed by atoms with Crippen molar-refractivity contribution in [2.24, 2.45) is 16.8 Å². The minimum atomic E-state index is -0.0799. The van der Waals surface area contributed by atoms with Crippen molar-refractivity contribution in [1.29, 1.82) is 0 Å². The zero-order valence-corrected chi connectivity index (χ0v) is 12.3. The fourth-order valence-electron chi connectivity index (χ4n) is 2.22. The molecule has 0 aliphatic heterocycles. The zero-order chi connectivity index (χ0) is 15.4. The fourth-order valence-corrected chi connectivity index (χ4v) is 2.22. The molecule has 114 valence electrons. The molecule has 1 aromatic carbocycles. The molecular formula is C15H21N3O3. The first-order valence-electron chi connectivity index (χ1n) is 7.00. The van der Waals surface area contributed by atoms with Crippen LogP contribution in [0.2, 0.25) is 0 Å². The number of rotatable bonds is 6. The summed E-state index contributed by atoms with van der Waals surface area (Å²) in [4.78, 5) is 13.9. The first-order valence-corrected chi connectivity index (χ1v) is 7.00. The lowest BCUT2D eigenvalue weighted by Crippen LogP contribution is -2.39. The van der Waals surface area contributed by atoms with E-state index in [1.54, 1.807) is 36.2 Å². The van der Waals surface area contributed by atoms with Gasteiger partial charge in [-0.2, -0.15) is 0 Å². The van der Waals surface area contributed by atoms with Gasteiger partial charge < -0.3 is 20.6 Å². The Morgan fingerprint density at radius 2 is 2.19 bits per heavy atom. The van der Waals surface area contributed by atoms with Gasteiger partial charge in [0.2, 0.25) is 0 Å². The topological polar surface area (TPSA) is 88.2 Å². The molecular weight excluding hydrogens is 270 g/mol. The predicted molar refractivity (Wildman–Crippen MR) is 79.4 cm³/mol. The second-order valence-electron chi connectivity index (χ2n) is 5.35. The molecule has 6 heteroatoms. The highest BCUT2D eigenvalue weighted by Crippen LogP contribution is 2.34. The maximum Gasteiger partial charge on any atom is 0.260 e. The van der Waals surface area contributed by atoms with Crippen LogP contribution in [0.5, 0.6) is 5.75 Å². The minimum absolute atomic E-state index is 0.0437. The average molecular weight is 291 g/mol. The predicted octanol–water partition coefficient (Wildman–Crippen LogP) is 1.42. The molecule has 3 N–H and O–H groups in total. The Morgan fingerprint density at radius 1 is 1.52 bits per heavy atom. The number of likely N-dealkylation sites (N-methyl/N-ethyl adjacent to an activating group) is 1. The zero-order valence-electron chi connectivity index (χ0n) is 12.3. The van der Waals surface area contributed by atoms with Gasteiger partial charge in [0.05, 0.1) is 5.56 Å². The van der Waals surface area contributed by atoms with Crippen LogP contribution in [0.3, 0.4) is 0 Å². The van der Waals surface area contributed by atoms with Crippen molar-refractivity contribution in [2.75, 3.05) is 13.7 Å². The van der Waals surface area contributed by atoms with Crippen LogP contribution >= 0.6 is 0 Å². The average Bonchev–Trinajstić information content (AvgIpc) is 3.35. The number of para-hydroxylation sites is 1. The molecule has 1 aliphatic rings. The van der Waals surface area contributed by atoms with Crippen molar-refractivity contribution in [3.8, 4) is 5.75 Å². The molecule has 2 rings (SSSR count). The molecule has 0 bridgehead atoms. The Hall–Kier alpha value is -2.24. The molecule has 1 aliphatic carbocycles. The van der Waals surface area contributed by atoms with E-state index >= 15 is 0 Å². The van der Waals surface area contributed by atoms with Crippen LogP contribution in [0.4, 0.5) is 0 Å². The van der Waals surface area contributed by atoms with E-state index in [9.17, 15) is 4.79 Å². The molecule has 6 nitrogen and oxygen atoms in total. The van der Waals surface area contributed by atoms with Gasteiger partial charge in [0.1, 0.15) is 5.75 Å². The van der Waals surface area contributed by atoms with Gasteiger partial charge in [-0.3, -0.25) is 4.79 Å². The first-order chi connectivity index (χ1) is 10.0. The minimum Gasteiger partial charge on any atom is -0.483 e. The fraction of sp³-hybridized carbons (Fsp3) is 0.467. The van der Waals surface area contributed by atoms with Crippen LogP contribution in [-0.4, -0.2) is 41.5 Å². The van der Waals surface area contributed by atoms with E-state index in [-0.39, 0.29) is 24.4 Å². The standard InChI is InChI=1S/C15H21N3O3/c1-10(11-7-8-11)18(2)14(19)9-21-13-6-4-3-5-12(13)15(16)17-20/h3-6,10-11,20H,7-9H2,1-2H3,(H2,16,17). The monoisotopic (exact) mass is 291 g/mol. The lowest BCUT2D eigenvalue weighted by atomic mass is 10.2. The van der Waals surface area contributed by atoms with E-state index in [2.05, 4.69) is 12.1 Å². The maximum atomic E-state index is 12.1. The highest BCUT2D eigenvalue weighted by Gasteiger charge is 2.32. The second kappa shape index (κ2) is 6.47. The molecule has 1 saturated carbocycles. The van der Waals surface area contributed by atoms with Crippen molar-refractivity contribution in [2.45, 2.75) is 25.8 Å². The third kappa shape index (κ3) is 3.65. The first kappa shape index (κ1) is 15.2. The molecule has 1 atom stereocenters. The van der Waals surface area contributed by atoms with Gasteiger partial charge in [-0.15, -0.1) is 0 Å². The maximum absolute atomic E-state index is 12.1. The number of carbonyl (C=O) groups excluding carboxylic acids is 1. The molecule has 0 radical (unpaired) electrons. The van der Waals surface area contributed by atoms with Gasteiger partial charge in [-0.1, -0.05) is 17.3 Å². The summed E-state index contributed by atoms with van der Waals surface area (Å²) in [5.74, 6) is 0.915. The third-order valence-corrected chi connectivity index (χ3v) is 3.93. The molecule has 1 amide bonds. The summed E-state index contributed by atoms with van der Waals surface area (Å²) in [6.07, 6.45) is 2.37. The smallest absolute Gasteiger partial charge is 0.260 e. The molecule has 1 aromatic rings. The van der Waals surface area contributed by atoms with Gasteiger partial charge in [-0.05, 0) is 37.8 Å². The molecule has 21 heavy (non-hydrogen) atoms. The number of hydrogen-bond donors (Lipinski definition) is 2. The number of ether oxygens (including phenoxy) is 1. The Labute approximate surface area is 124 Å². The van der Waals surface area contributed by atoms with Crippen LogP contribution in [-0.2, 0) is 4.79 Å². The van der Waals surface area contributed by atoms with Gasteiger partial charge in [0, 0.05) is 13.1 Å². The number of amidine groups is 1. The van der Waals surface area contributed by atoms with Crippen molar-refractivity contribution in [3.05, 3.63) is 29.8 Å². The second-order valence-corrected chi connectivity index (χ2v) is 5.35. The normalized spacial score (nSPS) is 16.4. The van der Waals surface area contributed by atoms with Crippen LogP contribution in [0, 0.1) is 5.92 Å². The number of amides is 1. The number of nitrogens with two attached hydrogens (primary N) is 1. The SMILES string of the molecule is CC(C1CC1)N(C)C(=O)COc1ccccc1/C(N)=N/O. The summed E-state index contributed by atoms with van der Waals surface area (Å²) in [6.45, 7) is 1.99. The number of carbonyl (C=O) groups is 1. The largest absolute Gasteiger partial charge is 0.483 e. The van der Waals surface area contributed by atoms with Gasteiger partial charge in [0.15, 0.2) is 12.4 Å². The summed E-state index contributed by atoms with van der Waals surface area (Å²) in [6, 6.07) is 7.12. The van der Waals surface area contributed by atoms with Gasteiger partial charge in [0.25, 0.3) is 5.91 Å². The summed E-state index contributed by atoms with van der Waals surface area (Å²) >= 11 is 0. The molecule has 0 aromatic heterocycles. The summed E-state index contributed by atoms with van der Waals surface area (Å²) in [5, 5.41) is 11.7. The Bertz CT molecular complexity index is 541. The molecule has 1 unspecified atom stereocenters. The lowest BCUT2D eigenvalue weighted by Gasteiger charge is -2.25. The van der Waals surface area contributed by atoms with Crippen LogP contribution in [0.25, 0.3) is 0 Å². The summed E-state index contributed by atoms with van der Waals surface area (Å²) in [5.41, 5.74) is 6.05. The Kier molecular flexibility index (Phi) is 4.67. The highest BCUT2D eigenvalue weighted by molar-refractivity contribution is 5.99. The number of hydrogen-bond acceptors (Lipinski definition) is 4. The molecule has 1 fully saturated rings. The summed E-state index contributed by atoms with van der Waals surface area (Å²) in [7, 11) is 1.80. The van der Waals surface area contributed by atoms with E-state index in [1.807, 2.05) is 0 Å². The van der Waals surface area contributed by atoms with E-state index < -0.39 is 0 Å². The molecule has 0 saturated heterocycles. The van der Waals surface area contributed by atoms with Gasteiger partial charge in [-0.25, -0.2) is 0 Å². The van der Waals surface area contributed by atoms with Crippen molar-refractivity contribution >= 4 is 11.7 Å². The molecule has 0 heterocycles. The van der Waals surface area contributed by atoms with Crippen LogP contribution in [0.1, 0.15) is 25.3 Å². The van der Waals surface area contributed by atoms with E-state index in [0.717, 1.165) is 0 Å². The van der Waals surface area contributed by atoms with Crippen LogP contribution < -0.4 is 10.5 Å². The van der Waals surface area contributed by atoms with Gasteiger partial charge >= 0.3 is 0 Å². The Balaban J connectivity index is 1.98. The number of nitrogens with zero attached hydrogens (tertiary/aromatic N) is 2. The van der Waals surface area contributed by atoms with Crippen molar-refractivity contribution in [3.63, 3.8) is 0 Å². The number of oxime groups is 1. The Morgan fingerprint density at radius 3 is 2.81 bits per heavy atom. The van der Waals surface area contributed by atoms with Crippen molar-refractivity contribution in [1.82, 2.24) is 4.90 Å². The highest BCUT2D eigenvalue weighted by atomic mass is 16.5. The molecule has 0 spiro atoms. The third-order valence-electron chi connectivity index (χ3n) is 3.93. The summed E-state index contributed by atoms with van der Waals surface area (Å²) < 4.78 is 5.53. The quantitative estimate of drug-likeness (QED) is 0.359. The van der Waals surface area contributed by atoms with Crippen molar-refractivity contribution < 1.29 is 14.7 Å². The van der Waals surface area contributed by atoms with E-state index in [0.29, 0.717) is 17.2 Å².